The van der Waals surface area contributed by atoms with E-state index in [0.29, 0.717) is 72.4 Å². The summed E-state index contributed by atoms with van der Waals surface area (Å²) < 4.78 is 14.3. The first-order valence-electron chi connectivity index (χ1n) is 39.3. The molecular formula is C85H126Cl3N5O6. The Bertz CT molecular complexity index is 3180. The van der Waals surface area contributed by atoms with Gasteiger partial charge < -0.3 is 30.3 Å². The van der Waals surface area contributed by atoms with E-state index in [-0.39, 0.29) is 51.2 Å². The molecule has 2 amide bonds. The lowest BCUT2D eigenvalue weighted by Gasteiger charge is -2.48. The molecule has 8 fully saturated rings. The third-order valence-corrected chi connectivity index (χ3v) is 27.7. The van der Waals surface area contributed by atoms with Gasteiger partial charge in [-0.3, -0.25) is 24.1 Å². The fourth-order valence-electron chi connectivity index (χ4n) is 22.1. The molecule has 2 aromatic rings. The van der Waals surface area contributed by atoms with Crippen LogP contribution in [0.25, 0.3) is 0 Å². The summed E-state index contributed by atoms with van der Waals surface area (Å²) in [5.74, 6) is 7.48. The van der Waals surface area contributed by atoms with Gasteiger partial charge in [0.05, 0.1) is 35.3 Å². The third-order valence-electron chi connectivity index (χ3n) is 27.5. The maximum absolute atomic E-state index is 13.2. The number of amides is 2. The van der Waals surface area contributed by atoms with Gasteiger partial charge in [-0.2, -0.15) is 0 Å². The monoisotopic (exact) mass is 1420 g/mol. The normalized spacial score (nSPS) is 36.3. The quantitative estimate of drug-likeness (QED) is 0.0962. The Hall–Kier alpha value is -3.65. The molecule has 14 rings (SSSR count). The number of rotatable bonds is 14. The van der Waals surface area contributed by atoms with Crippen LogP contribution in [0.4, 0.5) is 0 Å². The lowest BCUT2D eigenvalue weighted by molar-refractivity contribution is -0.124. The number of hydrogen-bond donors (Lipinski definition) is 3. The fourth-order valence-corrected chi connectivity index (χ4v) is 22.2. The van der Waals surface area contributed by atoms with E-state index in [0.717, 1.165) is 139 Å². The molecule has 2 spiro atoms. The van der Waals surface area contributed by atoms with E-state index in [4.69, 9.17) is 44.3 Å². The molecule has 8 aliphatic carbocycles. The van der Waals surface area contributed by atoms with E-state index in [1.165, 1.54) is 93.3 Å². The van der Waals surface area contributed by atoms with Crippen molar-refractivity contribution in [2.75, 3.05) is 63.6 Å². The number of likely N-dealkylation sites (tertiary alicyclic amines) is 1. The summed E-state index contributed by atoms with van der Waals surface area (Å²) in [4.78, 5) is 53.2. The Morgan fingerprint density at radius 2 is 1.08 bits per heavy atom. The minimum Gasteiger partial charge on any atom is -0.369 e. The number of carbonyl (C=O) groups excluding carboxylic acids is 4. The van der Waals surface area contributed by atoms with Crippen LogP contribution in [0.1, 0.15) is 216 Å². The first-order valence-corrected chi connectivity index (χ1v) is 40.9. The zero-order chi connectivity index (χ0) is 70.8. The van der Waals surface area contributed by atoms with Crippen LogP contribution >= 0.6 is 34.8 Å². The number of nitrogens with one attached hydrogen (secondary N) is 3. The van der Waals surface area contributed by atoms with E-state index in [1.54, 1.807) is 22.3 Å². The molecular weight excluding hydrogens is 1290 g/mol. The van der Waals surface area contributed by atoms with Gasteiger partial charge in [0, 0.05) is 56.4 Å². The van der Waals surface area contributed by atoms with Crippen LogP contribution in [0.3, 0.4) is 0 Å². The molecule has 14 heteroatoms. The van der Waals surface area contributed by atoms with E-state index in [9.17, 15) is 19.2 Å². The van der Waals surface area contributed by atoms with Crippen molar-refractivity contribution in [1.29, 1.82) is 0 Å². The Morgan fingerprint density at radius 1 is 0.616 bits per heavy atom. The second-order valence-corrected chi connectivity index (χ2v) is 34.3. The summed E-state index contributed by atoms with van der Waals surface area (Å²) in [5.41, 5.74) is 12.7. The molecule has 12 aliphatic rings. The molecule has 4 aliphatic heterocycles. The first kappa shape index (κ1) is 78.0. The highest BCUT2D eigenvalue weighted by molar-refractivity contribution is 6.40. The number of ether oxygens (including phenoxy) is 2. The summed E-state index contributed by atoms with van der Waals surface area (Å²) >= 11 is 14.9. The van der Waals surface area contributed by atoms with Gasteiger partial charge in [-0.15, -0.1) is 34.8 Å². The molecule has 11 nitrogen and oxygen atoms in total. The molecule has 18 atom stereocenters. The Balaban J connectivity index is 0.000000166. The van der Waals surface area contributed by atoms with Gasteiger partial charge in [-0.05, 0) is 250 Å². The van der Waals surface area contributed by atoms with Crippen molar-refractivity contribution in [2.24, 2.45) is 70.0 Å². The van der Waals surface area contributed by atoms with Gasteiger partial charge in [0.2, 0.25) is 11.8 Å². The Morgan fingerprint density at radius 3 is 1.56 bits per heavy atom. The van der Waals surface area contributed by atoms with Crippen molar-refractivity contribution in [1.82, 2.24) is 25.8 Å². The lowest BCUT2D eigenvalue weighted by atomic mass is 9.56. The zero-order valence-corrected chi connectivity index (χ0v) is 64.9. The van der Waals surface area contributed by atoms with E-state index in [1.807, 2.05) is 30.4 Å². The number of aryl methyl sites for hydroxylation is 2. The minimum absolute atomic E-state index is 0.0458. The molecule has 0 bridgehead atoms. The first-order chi connectivity index (χ1) is 47.6. The molecule has 4 saturated heterocycles. The number of fused-ring (bicyclic) bond motifs is 12. The highest BCUT2D eigenvalue weighted by atomic mass is 35.5. The number of carbonyl (C=O) groups is 4. The van der Waals surface area contributed by atoms with Gasteiger partial charge in [0.1, 0.15) is 5.88 Å². The SMILES string of the molecule is CC1=C2C[C@H]3[C@@H](CCC4=CC(=O)CC[C@@]43C)[C@@H]2CC[C@@]2(C1)O[C@@H]1C[C@H](C)CN(CC(=O)NCCCc3ccccc3)[C@H]1[C@H]2C.CC1=C2C[C@H]3[C@@H](CCC4=CC(=O)CC[C@@]43C)[C@@H]2CC[C@@]2(C1)O[C@@H]1C[C@H](C)CN[C@H]1[C@H]2C.CCN(CC)CC.ClCCl.O=C(CCl)NCCCc1ccccc1. The largest absolute Gasteiger partial charge is 0.369 e. The van der Waals surface area contributed by atoms with Gasteiger partial charge in [0.25, 0.3) is 0 Å². The molecule has 0 aromatic heterocycles. The van der Waals surface area contributed by atoms with Gasteiger partial charge in [0.15, 0.2) is 11.6 Å². The number of hydrogen-bond acceptors (Lipinski definition) is 9. The van der Waals surface area contributed by atoms with Crippen LogP contribution in [0.5, 0.6) is 0 Å². The number of ketones is 2. The van der Waals surface area contributed by atoms with Crippen LogP contribution in [-0.4, -0.2) is 132 Å². The Kier molecular flexibility index (Phi) is 27.5. The van der Waals surface area contributed by atoms with E-state index >= 15 is 0 Å². The molecule has 99 heavy (non-hydrogen) atoms. The van der Waals surface area contributed by atoms with Gasteiger partial charge >= 0.3 is 0 Å². The molecule has 4 heterocycles. The van der Waals surface area contributed by atoms with E-state index < -0.39 is 0 Å². The molecule has 548 valence electrons. The van der Waals surface area contributed by atoms with Crippen molar-refractivity contribution < 1.29 is 28.7 Å². The summed E-state index contributed by atoms with van der Waals surface area (Å²) in [5, 5.41) is 10.00. The summed E-state index contributed by atoms with van der Waals surface area (Å²) in [6.07, 6.45) is 28.8. The van der Waals surface area contributed by atoms with Crippen molar-refractivity contribution in [3.05, 3.63) is 117 Å². The van der Waals surface area contributed by atoms with Gasteiger partial charge in [-0.25, -0.2) is 0 Å². The van der Waals surface area contributed by atoms with Crippen LogP contribution < -0.4 is 16.0 Å². The predicted molar refractivity (Wildman–Crippen MR) is 407 cm³/mol. The zero-order valence-electron chi connectivity index (χ0n) is 62.6. The highest BCUT2D eigenvalue weighted by Crippen LogP contribution is 2.66. The van der Waals surface area contributed by atoms with Crippen molar-refractivity contribution in [3.8, 4) is 0 Å². The van der Waals surface area contributed by atoms with Crippen molar-refractivity contribution in [3.63, 3.8) is 0 Å². The van der Waals surface area contributed by atoms with Crippen LogP contribution in [-0.2, 0) is 41.5 Å². The van der Waals surface area contributed by atoms with Crippen molar-refractivity contribution in [2.45, 2.75) is 253 Å². The predicted octanol–water partition coefficient (Wildman–Crippen LogP) is 17.4. The number of piperidine rings is 2. The molecule has 3 N–H and O–H groups in total. The van der Waals surface area contributed by atoms with Crippen LogP contribution in [0, 0.1) is 70.0 Å². The second-order valence-electron chi connectivity index (χ2n) is 33.2. The van der Waals surface area contributed by atoms with Gasteiger partial charge in [-0.1, -0.05) is 156 Å². The summed E-state index contributed by atoms with van der Waals surface area (Å²) in [6.45, 7) is 33.6. The Labute approximate surface area is 612 Å². The smallest absolute Gasteiger partial charge is 0.234 e. The number of halogens is 3. The topological polar surface area (TPSA) is 129 Å². The number of benzene rings is 2. The third kappa shape index (κ3) is 17.7. The lowest BCUT2D eigenvalue weighted by Crippen LogP contribution is -2.54. The fraction of sp³-hybridized carbons (Fsp3) is 0.718. The maximum Gasteiger partial charge on any atom is 0.234 e. The number of allylic oxidation sites excluding steroid dienone is 6. The number of alkyl halides is 3. The average Bonchev–Trinajstić information content (AvgIpc) is 1.59. The summed E-state index contributed by atoms with van der Waals surface area (Å²) in [7, 11) is 0. The number of nitrogens with zero attached hydrogens (tertiary/aromatic N) is 2. The molecule has 2 aromatic carbocycles. The van der Waals surface area contributed by atoms with Crippen LogP contribution in [0.15, 0.2) is 106 Å². The van der Waals surface area contributed by atoms with Crippen LogP contribution in [0.2, 0.25) is 0 Å². The second kappa shape index (κ2) is 35.0. The van der Waals surface area contributed by atoms with E-state index in [2.05, 4.69) is 144 Å². The molecule has 4 saturated carbocycles. The highest BCUT2D eigenvalue weighted by Gasteiger charge is 2.61. The average molecular weight is 1420 g/mol. The van der Waals surface area contributed by atoms with Crippen molar-refractivity contribution >= 4 is 58.2 Å². The maximum atomic E-state index is 13.2. The standard InChI is InChI=1S/C39H54N2O3.C28H41NO2.C11H14ClNO.C6H15N.CH2Cl2/c1-25-19-35-37(41(23-25)24-36(43)40-18-8-11-28-9-6-5-7-10-28)27(3)39(44-35)17-15-31-32-13-12-29-20-30(42)14-16-38(29,4)34(32)21-33(31)26(2)22-39;1-16-11-25-26(29-15-16)18(3)28(31-25)10-8-21-22-6-5-19-12-20(30)7-9-27(19,4)24(22)13-23(21)17(2)14-28;12-9-11(14)13-8-4-7-10-5-2-1-3-6-10;1-4-7(5-2)6-3;2-1-3/h5-7,9-10,20,25,27,31-32,34-35,37H,8,11-19,21-24H2,1-4H3,(H,40,43);12,16,18,21-22,24-26,29H,5-11,13-15H2,1-4H3;1-3,5-6H,4,7-9H2,(H,13,14);4-6H2,1-3H3;1H2/t25-,27+,31-,32-,34-,35+,37-,38-,39-;16-,18+,21-,22-,24-,25+,26-,27-,28-;;;/m00.../s1. The molecule has 0 unspecified atom stereocenters. The molecule has 0 radical (unpaired) electrons. The summed E-state index contributed by atoms with van der Waals surface area (Å²) in [6, 6.07) is 21.6. The minimum atomic E-state index is -0.123.